The third kappa shape index (κ3) is 3.88. The van der Waals surface area contributed by atoms with Gasteiger partial charge in [-0.25, -0.2) is 4.98 Å². The Balaban J connectivity index is 1.39. The molecule has 0 saturated carbocycles. The van der Waals surface area contributed by atoms with Gasteiger partial charge >= 0.3 is 0 Å². The summed E-state index contributed by atoms with van der Waals surface area (Å²) >= 11 is 1.64. The summed E-state index contributed by atoms with van der Waals surface area (Å²) in [6, 6.07) is 19.9. The number of nitrogens with one attached hydrogen (secondary N) is 1. The normalized spacial score (nSPS) is 10.9. The molecule has 0 fully saturated rings. The number of anilines is 2. The maximum absolute atomic E-state index is 5.33. The molecule has 3 heterocycles. The molecule has 0 aliphatic carbocycles. The van der Waals surface area contributed by atoms with Crippen LogP contribution in [0.1, 0.15) is 0 Å². The highest BCUT2D eigenvalue weighted by Gasteiger charge is 2.10. The van der Waals surface area contributed by atoms with Crippen LogP contribution in [0.4, 0.5) is 11.5 Å². The number of fused-ring (bicyclic) bond motifs is 2. The molecule has 0 atom stereocenters. The predicted molar refractivity (Wildman–Crippen MR) is 126 cm³/mol. The van der Waals surface area contributed by atoms with Crippen LogP contribution >= 0.6 is 11.8 Å². The molecule has 0 aliphatic heterocycles. The maximum Gasteiger partial charge on any atom is 0.241 e. The average Bonchev–Trinajstić information content (AvgIpc) is 2.85. The molecule has 3 aromatic heterocycles. The van der Waals surface area contributed by atoms with Crippen molar-refractivity contribution in [3.05, 3.63) is 73.1 Å². The van der Waals surface area contributed by atoms with Crippen LogP contribution in [0, 0.1) is 0 Å². The fraction of sp³-hybridized carbons (Fsp3) is 0.0833. The Morgan fingerprint density at radius 2 is 1.66 bits per heavy atom. The van der Waals surface area contributed by atoms with E-state index in [1.807, 2.05) is 48.5 Å². The lowest BCUT2D eigenvalue weighted by Crippen LogP contribution is -1.99. The van der Waals surface area contributed by atoms with E-state index in [4.69, 9.17) is 9.47 Å². The molecule has 1 N–H and O–H groups in total. The Bertz CT molecular complexity index is 1410. The van der Waals surface area contributed by atoms with Gasteiger partial charge in [-0.2, -0.15) is 0 Å². The summed E-state index contributed by atoms with van der Waals surface area (Å²) in [5, 5.41) is 13.7. The fourth-order valence-corrected chi connectivity index (χ4v) is 4.28. The zero-order valence-corrected chi connectivity index (χ0v) is 18.3. The van der Waals surface area contributed by atoms with Crippen LogP contribution in [0.15, 0.2) is 82.8 Å². The number of ether oxygens (including phenoxy) is 2. The summed E-state index contributed by atoms with van der Waals surface area (Å²) in [7, 11) is 3.22. The Morgan fingerprint density at radius 3 is 2.44 bits per heavy atom. The second-order valence-electron chi connectivity index (χ2n) is 6.91. The smallest absolute Gasteiger partial charge is 0.241 e. The van der Waals surface area contributed by atoms with Crippen LogP contribution in [0.25, 0.3) is 21.8 Å². The molecular weight excluding hydrogens is 422 g/mol. The van der Waals surface area contributed by atoms with Gasteiger partial charge in [0.25, 0.3) is 0 Å². The van der Waals surface area contributed by atoms with E-state index in [0.29, 0.717) is 17.4 Å². The molecule has 7 nitrogen and oxygen atoms in total. The van der Waals surface area contributed by atoms with Crippen molar-refractivity contribution >= 4 is 45.1 Å². The van der Waals surface area contributed by atoms with E-state index in [2.05, 4.69) is 37.6 Å². The highest BCUT2D eigenvalue weighted by Crippen LogP contribution is 2.34. The molecule has 2 aromatic carbocycles. The summed E-state index contributed by atoms with van der Waals surface area (Å²) in [5.41, 5.74) is 2.57. The molecule has 0 amide bonds. The van der Waals surface area contributed by atoms with Crippen LogP contribution in [-0.4, -0.2) is 34.4 Å². The van der Waals surface area contributed by atoms with Gasteiger partial charge < -0.3 is 14.8 Å². The van der Waals surface area contributed by atoms with Gasteiger partial charge in [-0.1, -0.05) is 30.0 Å². The predicted octanol–water partition coefficient (Wildman–Crippen LogP) is 5.49. The number of benzene rings is 2. The summed E-state index contributed by atoms with van der Waals surface area (Å²) in [4.78, 5) is 11.0. The van der Waals surface area contributed by atoms with Gasteiger partial charge in [0.1, 0.15) is 11.3 Å². The van der Waals surface area contributed by atoms with Gasteiger partial charge in [-0.15, -0.1) is 10.2 Å². The van der Waals surface area contributed by atoms with Crippen LogP contribution in [0.2, 0.25) is 0 Å². The zero-order chi connectivity index (χ0) is 21.9. The second kappa shape index (κ2) is 8.68. The molecule has 8 heteroatoms. The minimum absolute atomic E-state index is 0.508. The Labute approximate surface area is 188 Å². The maximum atomic E-state index is 5.33. The Morgan fingerprint density at radius 1 is 0.844 bits per heavy atom. The van der Waals surface area contributed by atoms with Crippen molar-refractivity contribution in [2.24, 2.45) is 0 Å². The highest BCUT2D eigenvalue weighted by molar-refractivity contribution is 7.99. The summed E-state index contributed by atoms with van der Waals surface area (Å²) in [5.74, 6) is 1.88. The van der Waals surface area contributed by atoms with Crippen LogP contribution < -0.4 is 14.8 Å². The SMILES string of the molecule is COc1cnc2c(Sc3ccc(Nc4nnc(OC)c5ccccc45)cc3)ccnc2c1. The van der Waals surface area contributed by atoms with Crippen molar-refractivity contribution in [3.8, 4) is 11.6 Å². The van der Waals surface area contributed by atoms with Gasteiger partial charge in [0.15, 0.2) is 5.82 Å². The lowest BCUT2D eigenvalue weighted by Gasteiger charge is -2.11. The highest BCUT2D eigenvalue weighted by atomic mass is 32.2. The van der Waals surface area contributed by atoms with Crippen molar-refractivity contribution in [2.75, 3.05) is 19.5 Å². The molecule has 0 aliphatic rings. The monoisotopic (exact) mass is 441 g/mol. The molecule has 0 bridgehead atoms. The molecule has 0 unspecified atom stereocenters. The number of methoxy groups -OCH3 is 2. The first-order valence-corrected chi connectivity index (χ1v) is 10.7. The van der Waals surface area contributed by atoms with E-state index in [9.17, 15) is 0 Å². The largest absolute Gasteiger partial charge is 0.495 e. The number of pyridine rings is 2. The van der Waals surface area contributed by atoms with Gasteiger partial charge in [0.2, 0.25) is 5.88 Å². The topological polar surface area (TPSA) is 82.0 Å². The van der Waals surface area contributed by atoms with E-state index in [1.165, 1.54) is 0 Å². The standard InChI is InChI=1S/C24H19N5O2S/c1-30-16-13-20-22(26-14-16)21(11-12-25-20)32-17-9-7-15(8-10-17)27-23-18-5-3-4-6-19(18)24(31-2)29-28-23/h3-14H,1-2H3,(H,27,28). The van der Waals surface area contributed by atoms with Crippen molar-refractivity contribution in [2.45, 2.75) is 9.79 Å². The minimum Gasteiger partial charge on any atom is -0.495 e. The van der Waals surface area contributed by atoms with Crippen molar-refractivity contribution in [1.29, 1.82) is 0 Å². The first kappa shape index (κ1) is 20.0. The van der Waals surface area contributed by atoms with E-state index in [0.717, 1.165) is 37.3 Å². The number of nitrogens with zero attached hydrogens (tertiary/aromatic N) is 4. The van der Waals surface area contributed by atoms with E-state index < -0.39 is 0 Å². The number of aromatic nitrogens is 4. The Kier molecular flexibility index (Phi) is 5.43. The molecule has 0 spiro atoms. The minimum atomic E-state index is 0.508. The van der Waals surface area contributed by atoms with Crippen molar-refractivity contribution in [3.63, 3.8) is 0 Å². The van der Waals surface area contributed by atoms with E-state index in [-0.39, 0.29) is 0 Å². The lowest BCUT2D eigenvalue weighted by molar-refractivity contribution is 0.398. The first-order valence-electron chi connectivity index (χ1n) is 9.88. The fourth-order valence-electron chi connectivity index (χ4n) is 3.37. The quantitative estimate of drug-likeness (QED) is 0.371. The van der Waals surface area contributed by atoms with Crippen molar-refractivity contribution < 1.29 is 9.47 Å². The van der Waals surface area contributed by atoms with E-state index in [1.54, 1.807) is 38.4 Å². The molecule has 0 saturated heterocycles. The Hall–Kier alpha value is -3.91. The van der Waals surface area contributed by atoms with Gasteiger partial charge in [-0.3, -0.25) is 4.98 Å². The van der Waals surface area contributed by atoms with Crippen LogP contribution in [-0.2, 0) is 0 Å². The lowest BCUT2D eigenvalue weighted by atomic mass is 10.2. The van der Waals surface area contributed by atoms with Gasteiger partial charge in [-0.05, 0) is 36.4 Å². The second-order valence-corrected chi connectivity index (χ2v) is 8.02. The summed E-state index contributed by atoms with van der Waals surface area (Å²) in [6.07, 6.45) is 3.50. The van der Waals surface area contributed by atoms with E-state index >= 15 is 0 Å². The average molecular weight is 442 g/mol. The van der Waals surface area contributed by atoms with Crippen LogP contribution in [0.3, 0.4) is 0 Å². The molecule has 5 rings (SSSR count). The number of hydrogen-bond acceptors (Lipinski definition) is 8. The third-order valence-corrected chi connectivity index (χ3v) is 6.00. The zero-order valence-electron chi connectivity index (χ0n) is 17.4. The molecular formula is C24H19N5O2S. The molecule has 32 heavy (non-hydrogen) atoms. The molecule has 5 aromatic rings. The first-order chi connectivity index (χ1) is 15.7. The third-order valence-electron chi connectivity index (χ3n) is 4.94. The van der Waals surface area contributed by atoms with Crippen molar-refractivity contribution in [1.82, 2.24) is 20.2 Å². The summed E-state index contributed by atoms with van der Waals surface area (Å²) < 4.78 is 10.6. The van der Waals surface area contributed by atoms with Gasteiger partial charge in [0.05, 0.1) is 25.9 Å². The molecule has 158 valence electrons. The number of rotatable bonds is 6. The number of hydrogen-bond donors (Lipinski definition) is 1. The molecule has 0 radical (unpaired) electrons. The summed E-state index contributed by atoms with van der Waals surface area (Å²) in [6.45, 7) is 0. The van der Waals surface area contributed by atoms with Gasteiger partial charge in [0, 0.05) is 38.5 Å². The van der Waals surface area contributed by atoms with Crippen LogP contribution in [0.5, 0.6) is 11.6 Å².